The second-order valence-electron chi connectivity index (χ2n) is 6.08. The van der Waals surface area contributed by atoms with Gasteiger partial charge in [-0.1, -0.05) is 19.3 Å². The van der Waals surface area contributed by atoms with E-state index < -0.39 is 12.0 Å². The molecule has 0 amide bonds. The number of aryl methyl sites for hydroxylation is 1. The summed E-state index contributed by atoms with van der Waals surface area (Å²) in [6.45, 7) is 0.792. The average Bonchev–Trinajstić information content (AvgIpc) is 2.87. The van der Waals surface area contributed by atoms with Crippen molar-refractivity contribution in [3.8, 4) is 0 Å². The van der Waals surface area contributed by atoms with Crippen LogP contribution in [0.4, 0.5) is 5.82 Å². The summed E-state index contributed by atoms with van der Waals surface area (Å²) < 4.78 is 0. The summed E-state index contributed by atoms with van der Waals surface area (Å²) in [5.74, 6) is 0.161. The highest BCUT2D eigenvalue weighted by atomic mass is 16.4. The zero-order chi connectivity index (χ0) is 14.7. The quantitative estimate of drug-likeness (QED) is 0.848. The molecule has 1 saturated heterocycles. The Bertz CT molecular complexity index is 518. The highest BCUT2D eigenvalue weighted by Crippen LogP contribution is 2.30. The number of carboxylic acids is 1. The third kappa shape index (κ3) is 3.01. The van der Waals surface area contributed by atoms with E-state index in [0.29, 0.717) is 6.42 Å². The van der Waals surface area contributed by atoms with Crippen LogP contribution in [0.1, 0.15) is 56.2 Å². The molecule has 1 N–H and O–H groups in total. The molecule has 0 aromatic carbocycles. The number of nitrogens with zero attached hydrogens (tertiary/aromatic N) is 3. The minimum Gasteiger partial charge on any atom is -0.480 e. The number of fused-ring (bicyclic) bond motifs is 1. The lowest BCUT2D eigenvalue weighted by Crippen LogP contribution is -2.42. The minimum absolute atomic E-state index is 0.435. The van der Waals surface area contributed by atoms with Gasteiger partial charge in [0.2, 0.25) is 0 Å². The zero-order valence-electron chi connectivity index (χ0n) is 12.4. The first-order valence-corrected chi connectivity index (χ1v) is 8.09. The van der Waals surface area contributed by atoms with Gasteiger partial charge in [-0.05, 0) is 38.5 Å². The largest absolute Gasteiger partial charge is 0.480 e. The van der Waals surface area contributed by atoms with Crippen LogP contribution in [0.15, 0.2) is 6.33 Å². The molecule has 0 bridgehead atoms. The molecule has 5 nitrogen and oxygen atoms in total. The highest BCUT2D eigenvalue weighted by molar-refractivity contribution is 5.78. The summed E-state index contributed by atoms with van der Waals surface area (Å²) in [5.41, 5.74) is 2.33. The van der Waals surface area contributed by atoms with Crippen LogP contribution in [0.25, 0.3) is 0 Å². The van der Waals surface area contributed by atoms with Crippen molar-refractivity contribution in [2.45, 2.75) is 63.8 Å². The van der Waals surface area contributed by atoms with Crippen molar-refractivity contribution >= 4 is 11.8 Å². The van der Waals surface area contributed by atoms with Crippen LogP contribution >= 0.6 is 0 Å². The molecule has 1 aromatic heterocycles. The number of hydrogen-bond acceptors (Lipinski definition) is 4. The molecule has 2 aliphatic rings. The molecule has 1 fully saturated rings. The summed E-state index contributed by atoms with van der Waals surface area (Å²) in [4.78, 5) is 22.6. The fourth-order valence-electron chi connectivity index (χ4n) is 3.55. The Hall–Kier alpha value is -1.65. The standard InChI is InChI=1S/C16H23N3O2/c20-16(21)14-9-5-2-6-10-19(14)15-12-7-3-1-4-8-13(12)17-11-18-15/h11,14H,1-10H2,(H,20,21). The van der Waals surface area contributed by atoms with Gasteiger partial charge in [0.05, 0.1) is 0 Å². The zero-order valence-corrected chi connectivity index (χ0v) is 12.4. The average molecular weight is 289 g/mol. The van der Waals surface area contributed by atoms with Gasteiger partial charge in [0, 0.05) is 17.8 Å². The molecule has 3 rings (SSSR count). The van der Waals surface area contributed by atoms with E-state index in [1.807, 2.05) is 4.90 Å². The van der Waals surface area contributed by atoms with Crippen molar-refractivity contribution in [1.82, 2.24) is 9.97 Å². The van der Waals surface area contributed by atoms with Gasteiger partial charge < -0.3 is 10.0 Å². The van der Waals surface area contributed by atoms with Crippen molar-refractivity contribution in [2.75, 3.05) is 11.4 Å². The molecular formula is C16H23N3O2. The summed E-state index contributed by atoms with van der Waals surface area (Å²) in [6, 6.07) is -0.435. The Morgan fingerprint density at radius 1 is 1.10 bits per heavy atom. The Kier molecular flexibility index (Phi) is 4.36. The number of carbonyl (C=O) groups is 1. The first-order valence-electron chi connectivity index (χ1n) is 8.09. The highest BCUT2D eigenvalue weighted by Gasteiger charge is 2.30. The van der Waals surface area contributed by atoms with Crippen LogP contribution < -0.4 is 4.90 Å². The van der Waals surface area contributed by atoms with E-state index in [2.05, 4.69) is 9.97 Å². The fourth-order valence-corrected chi connectivity index (χ4v) is 3.55. The lowest BCUT2D eigenvalue weighted by molar-refractivity contribution is -0.138. The van der Waals surface area contributed by atoms with Crippen LogP contribution in [0.2, 0.25) is 0 Å². The number of hydrogen-bond donors (Lipinski definition) is 1. The topological polar surface area (TPSA) is 66.3 Å². The first kappa shape index (κ1) is 14.3. The van der Waals surface area contributed by atoms with E-state index in [-0.39, 0.29) is 0 Å². The monoisotopic (exact) mass is 289 g/mol. The van der Waals surface area contributed by atoms with Crippen molar-refractivity contribution in [3.05, 3.63) is 17.6 Å². The van der Waals surface area contributed by atoms with Gasteiger partial charge in [0.25, 0.3) is 0 Å². The van der Waals surface area contributed by atoms with E-state index in [0.717, 1.165) is 56.6 Å². The van der Waals surface area contributed by atoms with Crippen molar-refractivity contribution in [1.29, 1.82) is 0 Å². The second-order valence-corrected chi connectivity index (χ2v) is 6.08. The van der Waals surface area contributed by atoms with Crippen molar-refractivity contribution in [3.63, 3.8) is 0 Å². The third-order valence-electron chi connectivity index (χ3n) is 4.66. The van der Waals surface area contributed by atoms with Gasteiger partial charge in [-0.25, -0.2) is 14.8 Å². The van der Waals surface area contributed by atoms with E-state index in [9.17, 15) is 9.90 Å². The lowest BCUT2D eigenvalue weighted by Gasteiger charge is -2.30. The molecule has 1 aliphatic carbocycles. The lowest BCUT2D eigenvalue weighted by atomic mass is 10.1. The van der Waals surface area contributed by atoms with Crippen LogP contribution in [0, 0.1) is 0 Å². The minimum atomic E-state index is -0.724. The number of rotatable bonds is 2. The SMILES string of the molecule is O=C(O)C1CCCCCN1c1ncnc2c1CCCCC2. The summed E-state index contributed by atoms with van der Waals surface area (Å²) in [6.07, 6.45) is 11.0. The van der Waals surface area contributed by atoms with E-state index in [1.54, 1.807) is 6.33 Å². The van der Waals surface area contributed by atoms with Crippen LogP contribution in [-0.4, -0.2) is 33.6 Å². The Morgan fingerprint density at radius 3 is 2.76 bits per heavy atom. The molecule has 1 aromatic rings. The molecule has 1 aliphatic heterocycles. The molecule has 1 atom stereocenters. The van der Waals surface area contributed by atoms with E-state index in [1.165, 1.54) is 18.4 Å². The van der Waals surface area contributed by atoms with Gasteiger partial charge >= 0.3 is 5.97 Å². The van der Waals surface area contributed by atoms with E-state index in [4.69, 9.17) is 0 Å². The number of aliphatic carboxylic acids is 1. The second kappa shape index (κ2) is 6.41. The van der Waals surface area contributed by atoms with E-state index >= 15 is 0 Å². The smallest absolute Gasteiger partial charge is 0.326 e. The normalized spacial score (nSPS) is 23.0. The molecule has 114 valence electrons. The van der Waals surface area contributed by atoms with Crippen LogP contribution in [0.3, 0.4) is 0 Å². The van der Waals surface area contributed by atoms with Crippen LogP contribution in [0.5, 0.6) is 0 Å². The maximum absolute atomic E-state index is 11.6. The number of aromatic nitrogens is 2. The Balaban J connectivity index is 1.99. The van der Waals surface area contributed by atoms with Gasteiger partial charge in [0.15, 0.2) is 0 Å². The molecule has 0 radical (unpaired) electrons. The van der Waals surface area contributed by atoms with Gasteiger partial charge in [-0.15, -0.1) is 0 Å². The molecule has 21 heavy (non-hydrogen) atoms. The summed E-state index contributed by atoms with van der Waals surface area (Å²) in [5, 5.41) is 9.57. The maximum atomic E-state index is 11.6. The molecule has 5 heteroatoms. The van der Waals surface area contributed by atoms with Gasteiger partial charge in [-0.3, -0.25) is 0 Å². The fraction of sp³-hybridized carbons (Fsp3) is 0.688. The van der Waals surface area contributed by atoms with Crippen molar-refractivity contribution in [2.24, 2.45) is 0 Å². The van der Waals surface area contributed by atoms with Gasteiger partial charge in [0.1, 0.15) is 18.2 Å². The number of anilines is 1. The predicted octanol–water partition coefficient (Wildman–Crippen LogP) is 2.58. The summed E-state index contributed by atoms with van der Waals surface area (Å²) in [7, 11) is 0. The molecule has 0 saturated carbocycles. The van der Waals surface area contributed by atoms with Gasteiger partial charge in [-0.2, -0.15) is 0 Å². The molecular weight excluding hydrogens is 266 g/mol. The molecule has 0 spiro atoms. The molecule has 1 unspecified atom stereocenters. The number of carboxylic acid groups (broad SMARTS) is 1. The third-order valence-corrected chi connectivity index (χ3v) is 4.66. The first-order chi connectivity index (χ1) is 10.3. The molecule has 2 heterocycles. The predicted molar refractivity (Wildman–Crippen MR) is 80.5 cm³/mol. The Morgan fingerprint density at radius 2 is 1.90 bits per heavy atom. The summed E-state index contributed by atoms with van der Waals surface area (Å²) >= 11 is 0. The maximum Gasteiger partial charge on any atom is 0.326 e. The Labute approximate surface area is 125 Å². The van der Waals surface area contributed by atoms with Crippen molar-refractivity contribution < 1.29 is 9.90 Å². The van der Waals surface area contributed by atoms with Crippen LogP contribution in [-0.2, 0) is 17.6 Å².